The average Bonchev–Trinajstić information content (AvgIpc) is 3.32. The number of rotatable bonds is 6. The van der Waals surface area contributed by atoms with Crippen molar-refractivity contribution in [1.82, 2.24) is 9.97 Å². The van der Waals surface area contributed by atoms with E-state index in [1.807, 2.05) is 66.7 Å². The molecule has 2 heterocycles. The van der Waals surface area contributed by atoms with Crippen molar-refractivity contribution in [2.24, 2.45) is 0 Å². The molecule has 3 aromatic carbocycles. The Hall–Kier alpha value is -3.97. The van der Waals surface area contributed by atoms with Crippen LogP contribution >= 0.6 is 11.3 Å². The monoisotopic (exact) mass is 455 g/mol. The van der Waals surface area contributed by atoms with Gasteiger partial charge in [-0.15, -0.1) is 0 Å². The number of benzene rings is 3. The Balaban J connectivity index is 1.67. The van der Waals surface area contributed by atoms with E-state index in [1.54, 1.807) is 31.5 Å². The molecule has 0 aliphatic heterocycles. The standard InChI is InChI=1S/C26H21N3O3S/c1-31-21-12-13-22(32-2)24-23(21)28-26(33-24)29(16-17-7-6-14-27-15-17)25(30)20-11-5-9-18-8-3-4-10-19(18)20/h3-15H,16H2,1-2H3. The van der Waals surface area contributed by atoms with Crippen molar-refractivity contribution < 1.29 is 14.3 Å². The van der Waals surface area contributed by atoms with Gasteiger partial charge in [0.05, 0.1) is 20.8 Å². The second kappa shape index (κ2) is 8.88. The molecule has 5 rings (SSSR count). The van der Waals surface area contributed by atoms with Crippen LogP contribution in [0.5, 0.6) is 11.5 Å². The lowest BCUT2D eigenvalue weighted by molar-refractivity contribution is 0.0986. The van der Waals surface area contributed by atoms with E-state index in [1.165, 1.54) is 11.3 Å². The number of methoxy groups -OCH3 is 2. The van der Waals surface area contributed by atoms with Crippen molar-refractivity contribution in [3.63, 3.8) is 0 Å². The number of carbonyl (C=O) groups is 1. The van der Waals surface area contributed by atoms with Gasteiger partial charge in [-0.2, -0.15) is 0 Å². The van der Waals surface area contributed by atoms with Gasteiger partial charge >= 0.3 is 0 Å². The van der Waals surface area contributed by atoms with Crippen LogP contribution in [-0.2, 0) is 6.54 Å². The molecule has 6 nitrogen and oxygen atoms in total. The van der Waals surface area contributed by atoms with Crippen LogP contribution in [0, 0.1) is 0 Å². The largest absolute Gasteiger partial charge is 0.495 e. The van der Waals surface area contributed by atoms with Gasteiger partial charge in [-0.3, -0.25) is 14.7 Å². The molecule has 0 N–H and O–H groups in total. The van der Waals surface area contributed by atoms with E-state index in [0.717, 1.165) is 21.0 Å². The Morgan fingerprint density at radius 2 is 1.73 bits per heavy atom. The molecule has 0 unspecified atom stereocenters. The SMILES string of the molecule is COc1ccc(OC)c2sc(N(Cc3cccnc3)C(=O)c3cccc4ccccc34)nc12. The molecule has 0 saturated carbocycles. The molecule has 5 aromatic rings. The zero-order valence-corrected chi connectivity index (χ0v) is 19.0. The summed E-state index contributed by atoms with van der Waals surface area (Å²) in [4.78, 5) is 24.7. The van der Waals surface area contributed by atoms with Crippen molar-refractivity contribution in [1.29, 1.82) is 0 Å². The summed E-state index contributed by atoms with van der Waals surface area (Å²) < 4.78 is 11.9. The molecule has 0 atom stereocenters. The first-order chi connectivity index (χ1) is 16.2. The fraction of sp³-hybridized carbons (Fsp3) is 0.115. The van der Waals surface area contributed by atoms with Crippen LogP contribution in [0.1, 0.15) is 15.9 Å². The first-order valence-electron chi connectivity index (χ1n) is 10.4. The molecule has 33 heavy (non-hydrogen) atoms. The van der Waals surface area contributed by atoms with E-state index in [0.29, 0.717) is 34.3 Å². The van der Waals surface area contributed by atoms with Crippen LogP contribution in [0.15, 0.2) is 79.1 Å². The molecule has 7 heteroatoms. The highest BCUT2D eigenvalue weighted by Gasteiger charge is 2.25. The lowest BCUT2D eigenvalue weighted by atomic mass is 10.0. The van der Waals surface area contributed by atoms with Gasteiger partial charge in [0.2, 0.25) is 0 Å². The lowest BCUT2D eigenvalue weighted by Crippen LogP contribution is -2.30. The fourth-order valence-electron chi connectivity index (χ4n) is 3.85. The number of ether oxygens (including phenoxy) is 2. The third-order valence-electron chi connectivity index (χ3n) is 5.46. The van der Waals surface area contributed by atoms with Crippen molar-refractivity contribution in [3.8, 4) is 11.5 Å². The molecular weight excluding hydrogens is 434 g/mol. The number of carbonyl (C=O) groups excluding carboxylic acids is 1. The highest BCUT2D eigenvalue weighted by atomic mass is 32.1. The number of thiazole rings is 1. The molecule has 0 aliphatic carbocycles. The average molecular weight is 456 g/mol. The van der Waals surface area contributed by atoms with E-state index in [4.69, 9.17) is 14.5 Å². The Morgan fingerprint density at radius 3 is 2.52 bits per heavy atom. The molecule has 0 fully saturated rings. The summed E-state index contributed by atoms with van der Waals surface area (Å²) in [5.41, 5.74) is 2.19. The van der Waals surface area contributed by atoms with Gasteiger partial charge in [-0.05, 0) is 40.6 Å². The Kier molecular flexibility index (Phi) is 5.62. The summed E-state index contributed by atoms with van der Waals surface area (Å²) in [6.45, 7) is 0.334. The lowest BCUT2D eigenvalue weighted by Gasteiger charge is -2.21. The van der Waals surface area contributed by atoms with Gasteiger partial charge in [0.25, 0.3) is 5.91 Å². The maximum absolute atomic E-state index is 14.0. The van der Waals surface area contributed by atoms with E-state index in [2.05, 4.69) is 4.98 Å². The highest BCUT2D eigenvalue weighted by Crippen LogP contribution is 2.41. The van der Waals surface area contributed by atoms with Crippen molar-refractivity contribution >= 4 is 43.4 Å². The number of anilines is 1. The second-order valence-electron chi connectivity index (χ2n) is 7.42. The molecule has 0 aliphatic rings. The number of aromatic nitrogens is 2. The summed E-state index contributed by atoms with van der Waals surface area (Å²) in [5, 5.41) is 2.48. The molecule has 0 bridgehead atoms. The third-order valence-corrected chi connectivity index (χ3v) is 6.55. The minimum absolute atomic E-state index is 0.132. The molecule has 2 aromatic heterocycles. The van der Waals surface area contributed by atoms with Crippen LogP contribution in [0.3, 0.4) is 0 Å². The zero-order valence-electron chi connectivity index (χ0n) is 18.2. The predicted octanol–water partition coefficient (Wildman–Crippen LogP) is 5.71. The van der Waals surface area contributed by atoms with Crippen LogP contribution in [0.2, 0.25) is 0 Å². The number of hydrogen-bond donors (Lipinski definition) is 0. The van der Waals surface area contributed by atoms with Gasteiger partial charge in [0.1, 0.15) is 21.7 Å². The van der Waals surface area contributed by atoms with E-state index >= 15 is 0 Å². The van der Waals surface area contributed by atoms with Gasteiger partial charge < -0.3 is 9.47 Å². The predicted molar refractivity (Wildman–Crippen MR) is 131 cm³/mol. The van der Waals surface area contributed by atoms with Gasteiger partial charge in [-0.25, -0.2) is 4.98 Å². The quantitative estimate of drug-likeness (QED) is 0.328. The molecular formula is C26H21N3O3S. The molecule has 164 valence electrons. The maximum atomic E-state index is 14.0. The second-order valence-corrected chi connectivity index (χ2v) is 8.40. The van der Waals surface area contributed by atoms with Crippen LogP contribution in [0.25, 0.3) is 21.0 Å². The number of fused-ring (bicyclic) bond motifs is 2. The minimum Gasteiger partial charge on any atom is -0.495 e. The van der Waals surface area contributed by atoms with Crippen molar-refractivity contribution in [3.05, 3.63) is 90.3 Å². The topological polar surface area (TPSA) is 64.6 Å². The zero-order chi connectivity index (χ0) is 22.8. The first-order valence-corrected chi connectivity index (χ1v) is 11.2. The van der Waals surface area contributed by atoms with Gasteiger partial charge in [0.15, 0.2) is 5.13 Å². The minimum atomic E-state index is -0.132. The number of amides is 1. The summed E-state index contributed by atoms with van der Waals surface area (Å²) >= 11 is 1.40. The smallest absolute Gasteiger partial charge is 0.261 e. The number of hydrogen-bond acceptors (Lipinski definition) is 6. The van der Waals surface area contributed by atoms with Crippen LogP contribution in [-0.4, -0.2) is 30.1 Å². The summed E-state index contributed by atoms with van der Waals surface area (Å²) in [7, 11) is 3.23. The normalized spacial score (nSPS) is 11.0. The van der Waals surface area contributed by atoms with Crippen LogP contribution in [0.4, 0.5) is 5.13 Å². The maximum Gasteiger partial charge on any atom is 0.261 e. The highest BCUT2D eigenvalue weighted by molar-refractivity contribution is 7.22. The van der Waals surface area contributed by atoms with Crippen molar-refractivity contribution in [2.75, 3.05) is 19.1 Å². The summed E-state index contributed by atoms with van der Waals surface area (Å²) in [5.74, 6) is 1.19. The fourth-order valence-corrected chi connectivity index (χ4v) is 4.92. The van der Waals surface area contributed by atoms with E-state index < -0.39 is 0 Å². The number of pyridine rings is 1. The Bertz CT molecular complexity index is 1400. The van der Waals surface area contributed by atoms with E-state index in [-0.39, 0.29) is 5.91 Å². The third kappa shape index (κ3) is 3.87. The first kappa shape index (κ1) is 20.9. The molecule has 0 radical (unpaired) electrons. The molecule has 0 saturated heterocycles. The Morgan fingerprint density at radius 1 is 0.939 bits per heavy atom. The molecule has 1 amide bonds. The molecule has 0 spiro atoms. The number of nitrogens with zero attached hydrogens (tertiary/aromatic N) is 3. The van der Waals surface area contributed by atoms with Crippen LogP contribution < -0.4 is 14.4 Å². The van der Waals surface area contributed by atoms with E-state index in [9.17, 15) is 4.79 Å². The Labute approximate surface area is 195 Å². The van der Waals surface area contributed by atoms with Gasteiger partial charge in [0, 0.05) is 18.0 Å². The van der Waals surface area contributed by atoms with Gasteiger partial charge in [-0.1, -0.05) is 53.8 Å². The van der Waals surface area contributed by atoms with Crippen molar-refractivity contribution in [2.45, 2.75) is 6.54 Å². The summed E-state index contributed by atoms with van der Waals surface area (Å²) in [6, 6.07) is 21.1. The summed E-state index contributed by atoms with van der Waals surface area (Å²) in [6.07, 6.45) is 3.48.